The predicted octanol–water partition coefficient (Wildman–Crippen LogP) is 2.44. The largest absolute Gasteiger partial charge is 0.455 e. The fraction of sp³-hybridized carbons (Fsp3) is 0.167. The second-order valence-corrected chi connectivity index (χ2v) is 4.77. The second kappa shape index (κ2) is 4.75. The van der Waals surface area contributed by atoms with Crippen molar-refractivity contribution >= 4 is 11.3 Å². The molecule has 0 aromatic carbocycles. The van der Waals surface area contributed by atoms with Gasteiger partial charge in [-0.15, -0.1) is 11.3 Å². The van der Waals surface area contributed by atoms with Gasteiger partial charge in [-0.3, -0.25) is 0 Å². The molecule has 0 saturated carbocycles. The molecule has 18 heavy (non-hydrogen) atoms. The summed E-state index contributed by atoms with van der Waals surface area (Å²) in [5, 5.41) is 5.96. The Labute approximate surface area is 107 Å². The summed E-state index contributed by atoms with van der Waals surface area (Å²) in [7, 11) is 0. The molecular weight excluding hydrogens is 250 g/mol. The Kier molecular flexibility index (Phi) is 2.95. The second-order valence-electron chi connectivity index (χ2n) is 3.74. The SMILES string of the molecule is NCc1ccc(-c2nc(Cc3cccs3)no2)o1. The monoisotopic (exact) mass is 261 g/mol. The van der Waals surface area contributed by atoms with Crippen molar-refractivity contribution in [2.75, 3.05) is 0 Å². The smallest absolute Gasteiger partial charge is 0.293 e. The molecule has 3 rings (SSSR count). The third kappa shape index (κ3) is 2.20. The van der Waals surface area contributed by atoms with Crippen molar-refractivity contribution < 1.29 is 8.94 Å². The van der Waals surface area contributed by atoms with Crippen LogP contribution < -0.4 is 5.73 Å². The van der Waals surface area contributed by atoms with Crippen LogP contribution in [0.2, 0.25) is 0 Å². The average molecular weight is 261 g/mol. The lowest BCUT2D eigenvalue weighted by Gasteiger charge is -1.88. The minimum atomic E-state index is 0.357. The quantitative estimate of drug-likeness (QED) is 0.780. The van der Waals surface area contributed by atoms with Gasteiger partial charge >= 0.3 is 0 Å². The Morgan fingerprint density at radius 2 is 2.22 bits per heavy atom. The van der Waals surface area contributed by atoms with Gasteiger partial charge < -0.3 is 14.7 Å². The van der Waals surface area contributed by atoms with Crippen molar-refractivity contribution in [3.8, 4) is 11.7 Å². The Balaban J connectivity index is 1.80. The number of hydrogen-bond acceptors (Lipinski definition) is 6. The highest BCUT2D eigenvalue weighted by atomic mass is 32.1. The maximum Gasteiger partial charge on any atom is 0.293 e. The minimum absolute atomic E-state index is 0.357. The molecule has 92 valence electrons. The van der Waals surface area contributed by atoms with Crippen LogP contribution in [0.5, 0.6) is 0 Å². The van der Waals surface area contributed by atoms with E-state index in [0.717, 1.165) is 0 Å². The first-order valence-corrected chi connectivity index (χ1v) is 6.37. The molecule has 0 aliphatic rings. The van der Waals surface area contributed by atoms with Gasteiger partial charge in [-0.1, -0.05) is 11.2 Å². The van der Waals surface area contributed by atoms with Gasteiger partial charge in [-0.05, 0) is 23.6 Å². The Bertz CT molecular complexity index is 627. The lowest BCUT2D eigenvalue weighted by Crippen LogP contribution is -1.92. The molecule has 6 heteroatoms. The van der Waals surface area contributed by atoms with Crippen molar-refractivity contribution in [1.29, 1.82) is 0 Å². The van der Waals surface area contributed by atoms with Gasteiger partial charge in [0, 0.05) is 11.3 Å². The van der Waals surface area contributed by atoms with Gasteiger partial charge in [0.15, 0.2) is 11.6 Å². The van der Waals surface area contributed by atoms with Crippen LogP contribution in [-0.4, -0.2) is 10.1 Å². The lowest BCUT2D eigenvalue weighted by molar-refractivity contribution is 0.406. The number of nitrogens with two attached hydrogens (primary N) is 1. The first-order chi connectivity index (χ1) is 8.85. The summed E-state index contributed by atoms with van der Waals surface area (Å²) < 4.78 is 10.6. The number of aromatic nitrogens is 2. The van der Waals surface area contributed by atoms with E-state index in [2.05, 4.69) is 10.1 Å². The maximum absolute atomic E-state index is 5.48. The Morgan fingerprint density at radius 1 is 1.28 bits per heavy atom. The van der Waals surface area contributed by atoms with Gasteiger partial charge in [0.05, 0.1) is 6.54 Å². The van der Waals surface area contributed by atoms with Gasteiger partial charge in [-0.2, -0.15) is 4.98 Å². The van der Waals surface area contributed by atoms with Crippen LogP contribution >= 0.6 is 11.3 Å². The summed E-state index contributed by atoms with van der Waals surface area (Å²) in [6.45, 7) is 0.357. The maximum atomic E-state index is 5.48. The van der Waals surface area contributed by atoms with Crippen molar-refractivity contribution in [3.63, 3.8) is 0 Å². The zero-order chi connectivity index (χ0) is 12.4. The molecule has 5 nitrogen and oxygen atoms in total. The van der Waals surface area contributed by atoms with Crippen LogP contribution in [0, 0.1) is 0 Å². The van der Waals surface area contributed by atoms with Gasteiger partial charge in [0.1, 0.15) is 5.76 Å². The normalized spacial score (nSPS) is 10.9. The standard InChI is InChI=1S/C12H11N3O2S/c13-7-8-3-4-10(16-8)12-14-11(15-17-12)6-9-2-1-5-18-9/h1-5H,6-7,13H2. The fourth-order valence-corrected chi connectivity index (χ4v) is 2.30. The van der Waals surface area contributed by atoms with E-state index in [1.54, 1.807) is 23.5 Å². The third-order valence-corrected chi connectivity index (χ3v) is 3.33. The fourth-order valence-electron chi connectivity index (χ4n) is 1.60. The first-order valence-electron chi connectivity index (χ1n) is 5.49. The molecule has 0 spiro atoms. The highest BCUT2D eigenvalue weighted by Gasteiger charge is 2.13. The molecule has 2 N–H and O–H groups in total. The van der Waals surface area contributed by atoms with Crippen LogP contribution in [0.1, 0.15) is 16.5 Å². The minimum Gasteiger partial charge on any atom is -0.455 e. The van der Waals surface area contributed by atoms with Crippen LogP contribution in [0.3, 0.4) is 0 Å². The molecule has 0 atom stereocenters. The van der Waals surface area contributed by atoms with E-state index in [4.69, 9.17) is 14.7 Å². The summed E-state index contributed by atoms with van der Waals surface area (Å²) >= 11 is 1.67. The van der Waals surface area contributed by atoms with E-state index in [9.17, 15) is 0 Å². The van der Waals surface area contributed by atoms with Crippen LogP contribution in [-0.2, 0) is 13.0 Å². The molecule has 0 aliphatic carbocycles. The molecule has 3 aromatic heterocycles. The summed E-state index contributed by atoms with van der Waals surface area (Å²) in [6.07, 6.45) is 0.672. The molecule has 0 radical (unpaired) electrons. The Hall–Kier alpha value is -1.92. The van der Waals surface area contributed by atoms with E-state index in [-0.39, 0.29) is 0 Å². The highest BCUT2D eigenvalue weighted by Crippen LogP contribution is 2.21. The number of rotatable bonds is 4. The summed E-state index contributed by atoms with van der Waals surface area (Å²) in [5.74, 6) is 2.29. The van der Waals surface area contributed by atoms with E-state index >= 15 is 0 Å². The summed E-state index contributed by atoms with van der Waals surface area (Å²) in [4.78, 5) is 5.50. The van der Waals surface area contributed by atoms with E-state index < -0.39 is 0 Å². The van der Waals surface area contributed by atoms with Gasteiger partial charge in [0.25, 0.3) is 5.89 Å². The molecule has 0 saturated heterocycles. The topological polar surface area (TPSA) is 78.1 Å². The van der Waals surface area contributed by atoms with Crippen molar-refractivity contribution in [3.05, 3.63) is 46.1 Å². The van der Waals surface area contributed by atoms with Crippen molar-refractivity contribution in [1.82, 2.24) is 10.1 Å². The zero-order valence-corrected chi connectivity index (χ0v) is 10.3. The molecule has 0 amide bonds. The van der Waals surface area contributed by atoms with Crippen LogP contribution in [0.25, 0.3) is 11.7 Å². The zero-order valence-electron chi connectivity index (χ0n) is 9.50. The molecular formula is C12H11N3O2S. The molecule has 3 aromatic rings. The third-order valence-electron chi connectivity index (χ3n) is 2.45. The van der Waals surface area contributed by atoms with Crippen molar-refractivity contribution in [2.45, 2.75) is 13.0 Å². The predicted molar refractivity (Wildman–Crippen MR) is 67.0 cm³/mol. The van der Waals surface area contributed by atoms with Gasteiger partial charge in [0.2, 0.25) is 0 Å². The van der Waals surface area contributed by atoms with Crippen LogP contribution in [0.4, 0.5) is 0 Å². The highest BCUT2D eigenvalue weighted by molar-refractivity contribution is 7.09. The molecule has 0 unspecified atom stereocenters. The molecule has 3 heterocycles. The van der Waals surface area contributed by atoms with E-state index in [0.29, 0.717) is 36.2 Å². The Morgan fingerprint density at radius 3 is 2.94 bits per heavy atom. The van der Waals surface area contributed by atoms with E-state index in [1.807, 2.05) is 17.5 Å². The van der Waals surface area contributed by atoms with Crippen molar-refractivity contribution in [2.24, 2.45) is 5.73 Å². The molecule has 0 fully saturated rings. The molecule has 0 bridgehead atoms. The number of furan rings is 1. The lowest BCUT2D eigenvalue weighted by atomic mass is 10.3. The molecule has 0 aliphatic heterocycles. The summed E-state index contributed by atoms with van der Waals surface area (Å²) in [5.41, 5.74) is 5.48. The number of nitrogens with zero attached hydrogens (tertiary/aromatic N) is 2. The van der Waals surface area contributed by atoms with E-state index in [1.165, 1.54) is 4.88 Å². The number of hydrogen-bond donors (Lipinski definition) is 1. The first kappa shape index (κ1) is 11.2. The van der Waals surface area contributed by atoms with Crippen LogP contribution in [0.15, 0.2) is 38.6 Å². The average Bonchev–Trinajstić information content (AvgIpc) is 3.09. The summed E-state index contributed by atoms with van der Waals surface area (Å²) in [6, 6.07) is 7.63. The van der Waals surface area contributed by atoms with Gasteiger partial charge in [-0.25, -0.2) is 0 Å². The number of thiophene rings is 1.